The van der Waals surface area contributed by atoms with Crippen molar-refractivity contribution in [2.45, 2.75) is 9.79 Å². The second-order valence-electron chi connectivity index (χ2n) is 4.22. The first kappa shape index (κ1) is 13.3. The molecular formula is C15H11NO2S2. The summed E-state index contributed by atoms with van der Waals surface area (Å²) in [6, 6.07) is 14.7. The van der Waals surface area contributed by atoms with Crippen LogP contribution in [0.25, 0.3) is 0 Å². The highest BCUT2D eigenvalue weighted by atomic mass is 32.2. The number of carbonyl (C=O) groups excluding carboxylic acids is 2. The standard InChI is InChI=1S/C15H11NO2S2/c1-19-10-6-8-11(9-7-10)20-16-14(17)12-4-2-3-5-13(12)15(16)18/h2-9H,1H3. The van der Waals surface area contributed by atoms with Crippen LogP contribution in [0, 0.1) is 0 Å². The van der Waals surface area contributed by atoms with Crippen molar-refractivity contribution >= 4 is 35.5 Å². The van der Waals surface area contributed by atoms with Crippen LogP contribution in [-0.2, 0) is 0 Å². The Bertz CT molecular complexity index is 648. The van der Waals surface area contributed by atoms with Gasteiger partial charge in [0.25, 0.3) is 11.8 Å². The maximum Gasteiger partial charge on any atom is 0.272 e. The van der Waals surface area contributed by atoms with E-state index in [0.717, 1.165) is 9.79 Å². The third kappa shape index (κ3) is 2.23. The van der Waals surface area contributed by atoms with Gasteiger partial charge < -0.3 is 0 Å². The van der Waals surface area contributed by atoms with Crippen molar-refractivity contribution in [3.8, 4) is 0 Å². The zero-order chi connectivity index (χ0) is 14.1. The van der Waals surface area contributed by atoms with Gasteiger partial charge in [0.2, 0.25) is 0 Å². The van der Waals surface area contributed by atoms with E-state index in [9.17, 15) is 9.59 Å². The van der Waals surface area contributed by atoms with E-state index in [-0.39, 0.29) is 11.8 Å². The van der Waals surface area contributed by atoms with Crippen LogP contribution in [-0.4, -0.2) is 22.4 Å². The molecule has 100 valence electrons. The highest BCUT2D eigenvalue weighted by molar-refractivity contribution is 7.98. The van der Waals surface area contributed by atoms with Gasteiger partial charge in [-0.3, -0.25) is 9.59 Å². The minimum Gasteiger partial charge on any atom is -0.268 e. The third-order valence-electron chi connectivity index (χ3n) is 3.01. The third-order valence-corrected chi connectivity index (χ3v) is 4.75. The lowest BCUT2D eigenvalue weighted by Crippen LogP contribution is -2.21. The van der Waals surface area contributed by atoms with Crippen LogP contribution in [0.3, 0.4) is 0 Å². The fraction of sp³-hybridized carbons (Fsp3) is 0.0667. The van der Waals surface area contributed by atoms with E-state index >= 15 is 0 Å². The summed E-state index contributed by atoms with van der Waals surface area (Å²) in [7, 11) is 0. The normalized spacial score (nSPS) is 13.8. The summed E-state index contributed by atoms with van der Waals surface area (Å²) in [6.45, 7) is 0. The molecule has 2 aromatic rings. The molecule has 0 saturated carbocycles. The second kappa shape index (κ2) is 5.34. The fourth-order valence-electron chi connectivity index (χ4n) is 1.99. The molecule has 3 nitrogen and oxygen atoms in total. The number of imide groups is 1. The van der Waals surface area contributed by atoms with Crippen molar-refractivity contribution in [1.82, 2.24) is 4.31 Å². The number of hydrogen-bond donors (Lipinski definition) is 0. The summed E-state index contributed by atoms with van der Waals surface area (Å²) in [6.07, 6.45) is 2.01. The number of rotatable bonds is 3. The highest BCUT2D eigenvalue weighted by Crippen LogP contribution is 2.33. The van der Waals surface area contributed by atoms with E-state index in [1.807, 2.05) is 30.5 Å². The monoisotopic (exact) mass is 301 g/mol. The Balaban J connectivity index is 1.85. The molecule has 1 aliphatic rings. The van der Waals surface area contributed by atoms with Crippen LogP contribution < -0.4 is 0 Å². The van der Waals surface area contributed by atoms with Crippen molar-refractivity contribution in [3.63, 3.8) is 0 Å². The molecule has 0 saturated heterocycles. The van der Waals surface area contributed by atoms with Gasteiger partial charge in [-0.25, -0.2) is 4.31 Å². The number of nitrogens with zero attached hydrogens (tertiary/aromatic N) is 1. The Kier molecular flexibility index (Phi) is 3.54. The van der Waals surface area contributed by atoms with Gasteiger partial charge in [0.15, 0.2) is 0 Å². The smallest absolute Gasteiger partial charge is 0.268 e. The Hall–Kier alpha value is -1.72. The van der Waals surface area contributed by atoms with Crippen molar-refractivity contribution < 1.29 is 9.59 Å². The Morgan fingerprint density at radius 2 is 1.30 bits per heavy atom. The summed E-state index contributed by atoms with van der Waals surface area (Å²) >= 11 is 2.82. The molecule has 0 aromatic heterocycles. The second-order valence-corrected chi connectivity index (χ2v) is 6.12. The molecule has 3 rings (SSSR count). The largest absolute Gasteiger partial charge is 0.272 e. The molecule has 5 heteroatoms. The molecule has 0 atom stereocenters. The molecule has 2 aromatic carbocycles. The Labute approximate surface area is 125 Å². The number of benzene rings is 2. The number of thioether (sulfide) groups is 1. The molecule has 0 fully saturated rings. The molecule has 0 radical (unpaired) electrons. The maximum absolute atomic E-state index is 12.2. The molecule has 1 aliphatic heterocycles. The minimum atomic E-state index is -0.246. The van der Waals surface area contributed by atoms with Crippen LogP contribution in [0.2, 0.25) is 0 Å². The van der Waals surface area contributed by atoms with E-state index in [2.05, 4.69) is 0 Å². The first-order chi connectivity index (χ1) is 9.70. The van der Waals surface area contributed by atoms with Gasteiger partial charge in [-0.1, -0.05) is 12.1 Å². The molecule has 1 heterocycles. The van der Waals surface area contributed by atoms with Crippen LogP contribution >= 0.6 is 23.7 Å². The van der Waals surface area contributed by atoms with E-state index in [1.54, 1.807) is 36.0 Å². The molecule has 0 N–H and O–H groups in total. The SMILES string of the molecule is CSc1ccc(SN2C(=O)c3ccccc3C2=O)cc1. The molecular weight excluding hydrogens is 290 g/mol. The molecule has 0 bridgehead atoms. The number of fused-ring (bicyclic) bond motifs is 1. The lowest BCUT2D eigenvalue weighted by Gasteiger charge is -2.12. The highest BCUT2D eigenvalue weighted by Gasteiger charge is 2.36. The van der Waals surface area contributed by atoms with Gasteiger partial charge >= 0.3 is 0 Å². The van der Waals surface area contributed by atoms with E-state index in [4.69, 9.17) is 0 Å². The van der Waals surface area contributed by atoms with Crippen LogP contribution in [0.15, 0.2) is 58.3 Å². The average molecular weight is 301 g/mol. The molecule has 0 unspecified atom stereocenters. The van der Waals surface area contributed by atoms with E-state index in [0.29, 0.717) is 11.1 Å². The van der Waals surface area contributed by atoms with Gasteiger partial charge in [0.05, 0.1) is 11.1 Å². The molecule has 2 amide bonds. The molecule has 0 aliphatic carbocycles. The first-order valence-corrected chi connectivity index (χ1v) is 8.00. The zero-order valence-corrected chi connectivity index (χ0v) is 12.3. The van der Waals surface area contributed by atoms with Gasteiger partial charge in [0.1, 0.15) is 0 Å². The van der Waals surface area contributed by atoms with E-state index in [1.165, 1.54) is 16.3 Å². The maximum atomic E-state index is 12.2. The van der Waals surface area contributed by atoms with Crippen molar-refractivity contribution in [2.75, 3.05) is 6.26 Å². The van der Waals surface area contributed by atoms with E-state index < -0.39 is 0 Å². The number of carbonyl (C=O) groups is 2. The predicted molar refractivity (Wildman–Crippen MR) is 81.0 cm³/mol. The quantitative estimate of drug-likeness (QED) is 0.492. The minimum absolute atomic E-state index is 0.246. The van der Waals surface area contributed by atoms with Crippen LogP contribution in [0.1, 0.15) is 20.7 Å². The van der Waals surface area contributed by atoms with Crippen molar-refractivity contribution in [3.05, 3.63) is 59.7 Å². The Morgan fingerprint density at radius 3 is 1.80 bits per heavy atom. The summed E-state index contributed by atoms with van der Waals surface area (Å²) < 4.78 is 1.22. The van der Waals surface area contributed by atoms with Gasteiger partial charge in [0, 0.05) is 9.79 Å². The van der Waals surface area contributed by atoms with Crippen LogP contribution in [0.4, 0.5) is 0 Å². The van der Waals surface area contributed by atoms with Gasteiger partial charge in [-0.2, -0.15) is 0 Å². The van der Waals surface area contributed by atoms with Crippen LogP contribution in [0.5, 0.6) is 0 Å². The first-order valence-electron chi connectivity index (χ1n) is 6.00. The summed E-state index contributed by atoms with van der Waals surface area (Å²) in [5.41, 5.74) is 0.955. The predicted octanol–water partition coefficient (Wildman–Crippen LogP) is 3.71. The molecule has 0 spiro atoms. The topological polar surface area (TPSA) is 37.4 Å². The van der Waals surface area contributed by atoms with Gasteiger partial charge in [-0.05, 0) is 54.6 Å². The van der Waals surface area contributed by atoms with Crippen molar-refractivity contribution in [1.29, 1.82) is 0 Å². The summed E-state index contributed by atoms with van der Waals surface area (Å²) in [4.78, 5) is 26.5. The zero-order valence-electron chi connectivity index (χ0n) is 10.7. The van der Waals surface area contributed by atoms with Crippen molar-refractivity contribution in [2.24, 2.45) is 0 Å². The fourth-order valence-corrected chi connectivity index (χ4v) is 3.23. The van der Waals surface area contributed by atoms with Gasteiger partial charge in [-0.15, -0.1) is 11.8 Å². The number of hydrogen-bond acceptors (Lipinski definition) is 4. The average Bonchev–Trinajstić information content (AvgIpc) is 2.74. The lowest BCUT2D eigenvalue weighted by atomic mass is 10.1. The molecule has 20 heavy (non-hydrogen) atoms. The Morgan fingerprint density at radius 1 is 0.800 bits per heavy atom. The lowest BCUT2D eigenvalue weighted by molar-refractivity contribution is 0.0777. The summed E-state index contributed by atoms with van der Waals surface area (Å²) in [5, 5.41) is 0. The number of amides is 2. The summed E-state index contributed by atoms with van der Waals surface area (Å²) in [5.74, 6) is -0.492.